The van der Waals surface area contributed by atoms with Crippen molar-refractivity contribution in [2.24, 2.45) is 0 Å². The lowest BCUT2D eigenvalue weighted by Crippen LogP contribution is -2.41. The molecular formula is C14H16N2O2. The SMILES string of the molecule is CCn1ccnc1C1(C)COc2ccccc2O1. The molecule has 0 saturated carbocycles. The number of ether oxygens (including phenoxy) is 2. The molecule has 0 spiro atoms. The van der Waals surface area contributed by atoms with Gasteiger partial charge in [0, 0.05) is 18.9 Å². The number of hydrogen-bond acceptors (Lipinski definition) is 3. The fourth-order valence-corrected chi connectivity index (χ4v) is 2.28. The Bertz CT molecular complexity index is 564. The van der Waals surface area contributed by atoms with Gasteiger partial charge in [0.25, 0.3) is 0 Å². The third kappa shape index (κ3) is 1.65. The summed E-state index contributed by atoms with van der Waals surface area (Å²) < 4.78 is 14.0. The summed E-state index contributed by atoms with van der Waals surface area (Å²) in [5, 5.41) is 0. The molecule has 0 N–H and O–H groups in total. The molecular weight excluding hydrogens is 228 g/mol. The lowest BCUT2D eigenvalue weighted by atomic mass is 10.1. The Morgan fingerprint density at radius 1 is 1.33 bits per heavy atom. The zero-order valence-corrected chi connectivity index (χ0v) is 10.6. The zero-order valence-electron chi connectivity index (χ0n) is 10.6. The van der Waals surface area contributed by atoms with Crippen LogP contribution in [0.5, 0.6) is 11.5 Å². The predicted molar refractivity (Wildman–Crippen MR) is 67.8 cm³/mol. The van der Waals surface area contributed by atoms with Crippen LogP contribution in [0.25, 0.3) is 0 Å². The van der Waals surface area contributed by atoms with Crippen molar-refractivity contribution < 1.29 is 9.47 Å². The van der Waals surface area contributed by atoms with Gasteiger partial charge in [-0.25, -0.2) is 4.98 Å². The summed E-state index contributed by atoms with van der Waals surface area (Å²) in [7, 11) is 0. The van der Waals surface area contributed by atoms with Gasteiger partial charge >= 0.3 is 0 Å². The van der Waals surface area contributed by atoms with Crippen LogP contribution in [0, 0.1) is 0 Å². The Balaban J connectivity index is 1.99. The Labute approximate surface area is 106 Å². The van der Waals surface area contributed by atoms with Crippen LogP contribution in [0.1, 0.15) is 19.7 Å². The van der Waals surface area contributed by atoms with E-state index in [1.54, 1.807) is 6.20 Å². The van der Waals surface area contributed by atoms with Crippen molar-refractivity contribution in [3.05, 3.63) is 42.5 Å². The summed E-state index contributed by atoms with van der Waals surface area (Å²) in [5.41, 5.74) is -0.534. The van der Waals surface area contributed by atoms with Crippen molar-refractivity contribution in [3.63, 3.8) is 0 Å². The second-order valence-electron chi connectivity index (χ2n) is 4.61. The third-order valence-electron chi connectivity index (χ3n) is 3.22. The first kappa shape index (κ1) is 11.1. The molecule has 0 bridgehead atoms. The zero-order chi connectivity index (χ0) is 12.6. The Hall–Kier alpha value is -1.97. The highest BCUT2D eigenvalue weighted by Crippen LogP contribution is 2.38. The molecule has 0 fully saturated rings. The van der Waals surface area contributed by atoms with Crippen LogP contribution < -0.4 is 9.47 Å². The highest BCUT2D eigenvalue weighted by atomic mass is 16.6. The van der Waals surface area contributed by atoms with Crippen LogP contribution in [0.4, 0.5) is 0 Å². The fourth-order valence-electron chi connectivity index (χ4n) is 2.28. The molecule has 0 aliphatic carbocycles. The van der Waals surface area contributed by atoms with Gasteiger partial charge in [-0.1, -0.05) is 12.1 Å². The second-order valence-corrected chi connectivity index (χ2v) is 4.61. The van der Waals surface area contributed by atoms with Crippen molar-refractivity contribution in [3.8, 4) is 11.5 Å². The molecule has 1 aliphatic rings. The van der Waals surface area contributed by atoms with E-state index in [9.17, 15) is 0 Å². The van der Waals surface area contributed by atoms with Gasteiger partial charge in [-0.05, 0) is 26.0 Å². The molecule has 3 rings (SSSR count). The van der Waals surface area contributed by atoms with Crippen molar-refractivity contribution in [2.45, 2.75) is 26.0 Å². The van der Waals surface area contributed by atoms with Crippen molar-refractivity contribution >= 4 is 0 Å². The first-order valence-corrected chi connectivity index (χ1v) is 6.15. The molecule has 4 nitrogen and oxygen atoms in total. The normalized spacial score (nSPS) is 21.9. The molecule has 2 aromatic rings. The minimum atomic E-state index is -0.534. The van der Waals surface area contributed by atoms with Crippen molar-refractivity contribution in [1.29, 1.82) is 0 Å². The molecule has 0 saturated heterocycles. The molecule has 2 heterocycles. The second kappa shape index (κ2) is 4.05. The quantitative estimate of drug-likeness (QED) is 0.814. The van der Waals surface area contributed by atoms with Crippen LogP contribution in [-0.2, 0) is 12.1 Å². The number of nitrogens with zero attached hydrogens (tertiary/aromatic N) is 2. The number of fused-ring (bicyclic) bond motifs is 1. The van der Waals surface area contributed by atoms with Gasteiger partial charge in [-0.2, -0.15) is 0 Å². The molecule has 1 aromatic heterocycles. The smallest absolute Gasteiger partial charge is 0.197 e. The molecule has 1 aliphatic heterocycles. The van der Waals surface area contributed by atoms with Gasteiger partial charge in [0.2, 0.25) is 0 Å². The monoisotopic (exact) mass is 244 g/mol. The van der Waals surface area contributed by atoms with Crippen LogP contribution >= 0.6 is 0 Å². The number of para-hydroxylation sites is 2. The minimum Gasteiger partial charge on any atom is -0.485 e. The maximum Gasteiger partial charge on any atom is 0.197 e. The van der Waals surface area contributed by atoms with Gasteiger partial charge < -0.3 is 14.0 Å². The summed E-state index contributed by atoms with van der Waals surface area (Å²) in [5.74, 6) is 2.47. The number of rotatable bonds is 2. The minimum absolute atomic E-state index is 0.473. The number of aromatic nitrogens is 2. The fraction of sp³-hybridized carbons (Fsp3) is 0.357. The molecule has 18 heavy (non-hydrogen) atoms. The summed E-state index contributed by atoms with van der Waals surface area (Å²) in [6.45, 7) is 5.45. The van der Waals surface area contributed by atoms with E-state index in [-0.39, 0.29) is 0 Å². The van der Waals surface area contributed by atoms with E-state index < -0.39 is 5.60 Å². The molecule has 1 unspecified atom stereocenters. The highest BCUT2D eigenvalue weighted by Gasteiger charge is 2.38. The maximum absolute atomic E-state index is 6.10. The molecule has 0 radical (unpaired) electrons. The van der Waals surface area contributed by atoms with Crippen molar-refractivity contribution in [2.75, 3.05) is 6.61 Å². The number of benzene rings is 1. The van der Waals surface area contributed by atoms with E-state index in [2.05, 4.69) is 16.5 Å². The predicted octanol–water partition coefficient (Wildman–Crippen LogP) is 2.59. The Kier molecular flexibility index (Phi) is 2.51. The standard InChI is InChI=1S/C14H16N2O2/c1-3-16-9-8-15-13(16)14(2)10-17-11-6-4-5-7-12(11)18-14/h4-9H,3,10H2,1-2H3. The summed E-state index contributed by atoms with van der Waals surface area (Å²) in [6, 6.07) is 7.73. The first-order chi connectivity index (χ1) is 8.73. The maximum atomic E-state index is 6.10. The number of aryl methyl sites for hydroxylation is 1. The van der Waals surface area contributed by atoms with E-state index in [1.807, 2.05) is 37.4 Å². The summed E-state index contributed by atoms with van der Waals surface area (Å²) in [6.07, 6.45) is 3.76. The molecule has 0 amide bonds. The highest BCUT2D eigenvalue weighted by molar-refractivity contribution is 5.41. The van der Waals surface area contributed by atoms with Gasteiger partial charge in [0.05, 0.1) is 0 Å². The lowest BCUT2D eigenvalue weighted by molar-refractivity contribution is -0.00684. The van der Waals surface area contributed by atoms with Gasteiger partial charge in [-0.15, -0.1) is 0 Å². The van der Waals surface area contributed by atoms with Crippen molar-refractivity contribution in [1.82, 2.24) is 9.55 Å². The van der Waals surface area contributed by atoms with Gasteiger partial charge in [-0.3, -0.25) is 0 Å². The molecule has 1 aromatic carbocycles. The van der Waals surface area contributed by atoms with E-state index >= 15 is 0 Å². The lowest BCUT2D eigenvalue weighted by Gasteiger charge is -2.35. The number of hydrogen-bond donors (Lipinski definition) is 0. The van der Waals surface area contributed by atoms with E-state index in [1.165, 1.54) is 0 Å². The molecule has 1 atom stereocenters. The van der Waals surface area contributed by atoms with Gasteiger partial charge in [0.1, 0.15) is 6.61 Å². The van der Waals surface area contributed by atoms with E-state index in [4.69, 9.17) is 9.47 Å². The topological polar surface area (TPSA) is 36.3 Å². The Morgan fingerprint density at radius 2 is 2.11 bits per heavy atom. The third-order valence-corrected chi connectivity index (χ3v) is 3.22. The van der Waals surface area contributed by atoms with Crippen LogP contribution in [0.3, 0.4) is 0 Å². The van der Waals surface area contributed by atoms with E-state index in [0.29, 0.717) is 6.61 Å². The van der Waals surface area contributed by atoms with Gasteiger partial charge in [0.15, 0.2) is 22.9 Å². The molecule has 94 valence electrons. The average Bonchev–Trinajstić information content (AvgIpc) is 2.87. The first-order valence-electron chi connectivity index (χ1n) is 6.15. The average molecular weight is 244 g/mol. The largest absolute Gasteiger partial charge is 0.485 e. The van der Waals surface area contributed by atoms with E-state index in [0.717, 1.165) is 23.9 Å². The van der Waals surface area contributed by atoms with Crippen LogP contribution in [0.15, 0.2) is 36.7 Å². The van der Waals surface area contributed by atoms with Crippen LogP contribution in [-0.4, -0.2) is 16.2 Å². The van der Waals surface area contributed by atoms with Crippen LogP contribution in [0.2, 0.25) is 0 Å². The molecule has 4 heteroatoms. The number of imidazole rings is 1. The summed E-state index contributed by atoms with van der Waals surface area (Å²) >= 11 is 0. The summed E-state index contributed by atoms with van der Waals surface area (Å²) in [4.78, 5) is 4.41. The Morgan fingerprint density at radius 3 is 2.89 bits per heavy atom.